The fraction of sp³-hybridized carbons (Fsp3) is 0.500. The summed E-state index contributed by atoms with van der Waals surface area (Å²) in [6, 6.07) is 4.99. The Morgan fingerprint density at radius 1 is 1.40 bits per heavy atom. The van der Waals surface area contributed by atoms with Crippen LogP contribution in [0.4, 0.5) is 23.7 Å². The molecule has 4 nitrogen and oxygen atoms in total. The molecule has 1 aromatic carbocycles. The molecule has 1 saturated heterocycles. The molecule has 1 aliphatic heterocycles. The van der Waals surface area contributed by atoms with E-state index in [1.165, 1.54) is 17.8 Å². The lowest BCUT2D eigenvalue weighted by atomic mass is 10.1. The molecule has 2 unspecified atom stereocenters. The van der Waals surface area contributed by atoms with E-state index >= 15 is 0 Å². The van der Waals surface area contributed by atoms with Crippen LogP contribution in [0.15, 0.2) is 29.3 Å². The van der Waals surface area contributed by atoms with E-state index in [1.807, 2.05) is 6.92 Å². The summed E-state index contributed by atoms with van der Waals surface area (Å²) >= 11 is 4.82. The van der Waals surface area contributed by atoms with Crippen molar-refractivity contribution in [2.24, 2.45) is 4.99 Å². The van der Waals surface area contributed by atoms with Crippen molar-refractivity contribution in [1.82, 2.24) is 0 Å². The van der Waals surface area contributed by atoms with E-state index in [1.54, 1.807) is 24.8 Å². The number of hydrogen-bond donors (Lipinski definition) is 0. The Morgan fingerprint density at radius 2 is 2.08 bits per heavy atom. The second-order valence-electron chi connectivity index (χ2n) is 5.82. The molecule has 1 fully saturated rings. The second-order valence-corrected chi connectivity index (χ2v) is 8.47. The fourth-order valence-corrected chi connectivity index (χ4v) is 3.80. The number of amides is 1. The van der Waals surface area contributed by atoms with Gasteiger partial charge in [0.05, 0.1) is 11.7 Å². The maximum absolute atomic E-state index is 13.0. The first-order valence-electron chi connectivity index (χ1n) is 7.62. The van der Waals surface area contributed by atoms with Crippen LogP contribution in [0.25, 0.3) is 0 Å². The molecule has 138 valence electrons. The van der Waals surface area contributed by atoms with E-state index in [2.05, 4.69) is 20.9 Å². The number of nitrogens with zero attached hydrogens (tertiary/aromatic N) is 2. The lowest BCUT2D eigenvalue weighted by Crippen LogP contribution is -2.28. The standard InChI is InChI=1S/C16H18BrF3N2O2S/c1-9(2)24-15(23)21-14-22(8-13(25-14)10(3)17)12-6-4-5-11(7-12)16(18,19)20/h4-7,9-10,13H,8H2,1-3H3/b21-14-. The summed E-state index contributed by atoms with van der Waals surface area (Å²) in [6.45, 7) is 5.78. The molecule has 2 rings (SSSR count). The summed E-state index contributed by atoms with van der Waals surface area (Å²) in [7, 11) is 0. The van der Waals surface area contributed by atoms with Crippen molar-refractivity contribution in [3.05, 3.63) is 29.8 Å². The van der Waals surface area contributed by atoms with Gasteiger partial charge in [-0.2, -0.15) is 18.2 Å². The van der Waals surface area contributed by atoms with Crippen LogP contribution in [-0.4, -0.2) is 34.0 Å². The van der Waals surface area contributed by atoms with Crippen LogP contribution in [0.2, 0.25) is 0 Å². The van der Waals surface area contributed by atoms with Crippen LogP contribution in [0, 0.1) is 0 Å². The smallest absolute Gasteiger partial charge is 0.436 e. The van der Waals surface area contributed by atoms with Crippen LogP contribution in [0.1, 0.15) is 26.3 Å². The molecule has 0 N–H and O–H groups in total. The van der Waals surface area contributed by atoms with Crippen molar-refractivity contribution in [2.45, 2.75) is 43.1 Å². The van der Waals surface area contributed by atoms with Gasteiger partial charge in [-0.25, -0.2) is 4.79 Å². The summed E-state index contributed by atoms with van der Waals surface area (Å²) < 4.78 is 43.9. The van der Waals surface area contributed by atoms with Crippen molar-refractivity contribution in [2.75, 3.05) is 11.4 Å². The number of hydrogen-bond acceptors (Lipinski definition) is 3. The number of thioether (sulfide) groups is 1. The van der Waals surface area contributed by atoms with E-state index < -0.39 is 17.8 Å². The SMILES string of the molecule is CC(C)OC(=O)/N=C1\SC(C(C)Br)CN1c1cccc(C(F)(F)F)c1. The third-order valence-corrected chi connectivity index (χ3v) is 5.74. The monoisotopic (exact) mass is 438 g/mol. The van der Waals surface area contributed by atoms with Crippen molar-refractivity contribution in [1.29, 1.82) is 0 Å². The van der Waals surface area contributed by atoms with Gasteiger partial charge in [0.25, 0.3) is 0 Å². The van der Waals surface area contributed by atoms with Crippen LogP contribution in [-0.2, 0) is 10.9 Å². The zero-order valence-electron chi connectivity index (χ0n) is 13.9. The lowest BCUT2D eigenvalue weighted by molar-refractivity contribution is -0.137. The fourth-order valence-electron chi connectivity index (χ4n) is 2.19. The van der Waals surface area contributed by atoms with Gasteiger partial charge in [0.15, 0.2) is 5.17 Å². The lowest BCUT2D eigenvalue weighted by Gasteiger charge is -2.20. The number of carbonyl (C=O) groups is 1. The van der Waals surface area contributed by atoms with Crippen molar-refractivity contribution >= 4 is 44.6 Å². The van der Waals surface area contributed by atoms with Crippen LogP contribution < -0.4 is 4.90 Å². The summed E-state index contributed by atoms with van der Waals surface area (Å²) in [6.07, 6.45) is -5.51. The number of alkyl halides is 4. The average Bonchev–Trinajstić information content (AvgIpc) is 2.89. The van der Waals surface area contributed by atoms with E-state index in [0.29, 0.717) is 17.4 Å². The first-order chi connectivity index (χ1) is 11.6. The Morgan fingerprint density at radius 3 is 2.64 bits per heavy atom. The average molecular weight is 439 g/mol. The molecular weight excluding hydrogens is 421 g/mol. The summed E-state index contributed by atoms with van der Waals surface area (Å²) in [5.41, 5.74) is -0.400. The van der Waals surface area contributed by atoms with Crippen LogP contribution in [0.5, 0.6) is 0 Å². The number of benzene rings is 1. The predicted octanol–water partition coefficient (Wildman–Crippen LogP) is 5.31. The highest BCUT2D eigenvalue weighted by Crippen LogP contribution is 2.37. The molecule has 0 saturated carbocycles. The summed E-state index contributed by atoms with van der Waals surface area (Å²) in [5, 5.41) is 0.376. The Hall–Kier alpha value is -1.22. The minimum atomic E-state index is -4.43. The van der Waals surface area contributed by atoms with E-state index in [9.17, 15) is 18.0 Å². The molecule has 9 heteroatoms. The van der Waals surface area contributed by atoms with Gasteiger partial charge in [-0.15, -0.1) is 0 Å². The topological polar surface area (TPSA) is 41.9 Å². The molecule has 25 heavy (non-hydrogen) atoms. The molecule has 0 aliphatic carbocycles. The molecule has 1 amide bonds. The Kier molecular flexibility index (Phi) is 6.42. The molecule has 0 radical (unpaired) electrons. The third-order valence-electron chi connectivity index (χ3n) is 3.37. The van der Waals surface area contributed by atoms with E-state index in [4.69, 9.17) is 4.74 Å². The number of carbonyl (C=O) groups excluding carboxylic acids is 1. The maximum atomic E-state index is 13.0. The third kappa shape index (κ3) is 5.37. The van der Waals surface area contributed by atoms with Gasteiger partial charge in [-0.3, -0.25) is 0 Å². The summed E-state index contributed by atoms with van der Waals surface area (Å²) in [5.74, 6) is 0. The quantitative estimate of drug-likeness (QED) is 0.599. The summed E-state index contributed by atoms with van der Waals surface area (Å²) in [4.78, 5) is 17.5. The maximum Gasteiger partial charge on any atom is 0.436 e. The van der Waals surface area contributed by atoms with Gasteiger partial charge in [-0.05, 0) is 32.0 Å². The predicted molar refractivity (Wildman–Crippen MR) is 97.6 cm³/mol. The molecule has 0 aromatic heterocycles. The molecule has 0 bridgehead atoms. The molecular formula is C16H18BrF3N2O2S. The number of ether oxygens (including phenoxy) is 1. The molecule has 1 aliphatic rings. The zero-order chi connectivity index (χ0) is 18.8. The van der Waals surface area contributed by atoms with Crippen molar-refractivity contribution in [3.63, 3.8) is 0 Å². The number of anilines is 1. The number of amidine groups is 1. The van der Waals surface area contributed by atoms with Gasteiger partial charge < -0.3 is 9.64 Å². The highest BCUT2D eigenvalue weighted by atomic mass is 79.9. The zero-order valence-corrected chi connectivity index (χ0v) is 16.3. The number of halogens is 4. The molecule has 2 atom stereocenters. The Balaban J connectivity index is 2.35. The minimum absolute atomic E-state index is 0.0418. The largest absolute Gasteiger partial charge is 0.445 e. The molecule has 1 aromatic rings. The van der Waals surface area contributed by atoms with Gasteiger partial charge in [0, 0.05) is 22.3 Å². The Labute approximate surface area is 156 Å². The van der Waals surface area contributed by atoms with Crippen LogP contribution >= 0.6 is 27.7 Å². The van der Waals surface area contributed by atoms with E-state index in [-0.39, 0.29) is 16.2 Å². The highest BCUT2D eigenvalue weighted by Gasteiger charge is 2.35. The Bertz CT molecular complexity index is 665. The van der Waals surface area contributed by atoms with Gasteiger partial charge in [-0.1, -0.05) is 40.7 Å². The van der Waals surface area contributed by atoms with Crippen molar-refractivity contribution in [3.8, 4) is 0 Å². The van der Waals surface area contributed by atoms with Crippen LogP contribution in [0.3, 0.4) is 0 Å². The first-order valence-corrected chi connectivity index (χ1v) is 9.42. The minimum Gasteiger partial charge on any atom is -0.445 e. The molecule has 0 spiro atoms. The van der Waals surface area contributed by atoms with E-state index in [0.717, 1.165) is 12.1 Å². The molecule has 1 heterocycles. The highest BCUT2D eigenvalue weighted by molar-refractivity contribution is 9.09. The van der Waals surface area contributed by atoms with Gasteiger partial charge in [0.1, 0.15) is 0 Å². The number of rotatable bonds is 3. The van der Waals surface area contributed by atoms with Gasteiger partial charge in [0.2, 0.25) is 0 Å². The van der Waals surface area contributed by atoms with Crippen molar-refractivity contribution < 1.29 is 22.7 Å². The van der Waals surface area contributed by atoms with Gasteiger partial charge >= 0.3 is 12.3 Å². The second kappa shape index (κ2) is 7.99. The first kappa shape index (κ1) is 20.1. The normalized spacial score (nSPS) is 21.0. The number of aliphatic imine (C=N–C) groups is 1.